The van der Waals surface area contributed by atoms with Crippen LogP contribution in [0.3, 0.4) is 0 Å². The Labute approximate surface area is 113 Å². The summed E-state index contributed by atoms with van der Waals surface area (Å²) in [6.07, 6.45) is 7.55. The predicted molar refractivity (Wildman–Crippen MR) is 70.2 cm³/mol. The van der Waals surface area contributed by atoms with Crippen molar-refractivity contribution in [3.05, 3.63) is 0 Å². The zero-order valence-electron chi connectivity index (χ0n) is 11.3. The molecule has 1 heterocycles. The first kappa shape index (κ1) is 11.7. The van der Waals surface area contributed by atoms with Gasteiger partial charge in [-0.1, -0.05) is 0 Å². The van der Waals surface area contributed by atoms with Crippen molar-refractivity contribution in [2.45, 2.75) is 57.0 Å². The summed E-state index contributed by atoms with van der Waals surface area (Å²) in [5.41, 5.74) is 0. The summed E-state index contributed by atoms with van der Waals surface area (Å²) in [5, 5.41) is 3.06. The molecule has 3 saturated carbocycles. The van der Waals surface area contributed by atoms with Crippen LogP contribution in [-0.4, -0.2) is 35.3 Å². The average molecular weight is 262 g/mol. The largest absolute Gasteiger partial charge is 0.352 e. The first-order chi connectivity index (χ1) is 9.22. The summed E-state index contributed by atoms with van der Waals surface area (Å²) in [6, 6.07) is 0.217. The van der Waals surface area contributed by atoms with Crippen LogP contribution in [-0.2, 0) is 9.59 Å². The van der Waals surface area contributed by atoms with Gasteiger partial charge in [-0.05, 0) is 56.8 Å². The van der Waals surface area contributed by atoms with Crippen molar-refractivity contribution in [2.75, 3.05) is 6.54 Å². The van der Waals surface area contributed by atoms with Crippen molar-refractivity contribution in [1.82, 2.24) is 10.2 Å². The highest BCUT2D eigenvalue weighted by atomic mass is 16.2. The minimum absolute atomic E-state index is 0.0940. The molecule has 19 heavy (non-hydrogen) atoms. The molecule has 3 aliphatic carbocycles. The van der Waals surface area contributed by atoms with Gasteiger partial charge in [-0.2, -0.15) is 0 Å². The summed E-state index contributed by atoms with van der Waals surface area (Å²) in [6.45, 7) is 0.785. The molecule has 4 rings (SSSR count). The molecule has 0 aromatic carbocycles. The molecule has 104 valence electrons. The Morgan fingerprint density at radius 3 is 2.42 bits per heavy atom. The zero-order chi connectivity index (χ0) is 13.0. The van der Waals surface area contributed by atoms with Crippen molar-refractivity contribution in [3.63, 3.8) is 0 Å². The minimum Gasteiger partial charge on any atom is -0.352 e. The first-order valence-electron chi connectivity index (χ1n) is 7.83. The van der Waals surface area contributed by atoms with Crippen molar-refractivity contribution in [3.8, 4) is 0 Å². The number of nitrogens with zero attached hydrogens (tertiary/aromatic N) is 1. The number of hydrogen-bond donors (Lipinski definition) is 1. The van der Waals surface area contributed by atoms with Crippen LogP contribution >= 0.6 is 0 Å². The molecular formula is C15H22N2O2. The lowest BCUT2D eigenvalue weighted by molar-refractivity contribution is -0.141. The van der Waals surface area contributed by atoms with Crippen LogP contribution in [0.4, 0.5) is 0 Å². The Hall–Kier alpha value is -1.06. The third kappa shape index (κ3) is 2.15. The summed E-state index contributed by atoms with van der Waals surface area (Å²) >= 11 is 0. The smallest absolute Gasteiger partial charge is 0.243 e. The lowest BCUT2D eigenvalue weighted by Crippen LogP contribution is -2.48. The normalized spacial score (nSPS) is 40.1. The van der Waals surface area contributed by atoms with Gasteiger partial charge in [0, 0.05) is 18.5 Å². The molecule has 4 aliphatic rings. The number of amides is 2. The molecule has 4 nitrogen and oxygen atoms in total. The number of carbonyl (C=O) groups is 2. The third-order valence-corrected chi connectivity index (χ3v) is 5.36. The zero-order valence-corrected chi connectivity index (χ0v) is 11.3. The van der Waals surface area contributed by atoms with Crippen LogP contribution in [0.25, 0.3) is 0 Å². The van der Waals surface area contributed by atoms with E-state index in [-0.39, 0.29) is 23.8 Å². The molecular weight excluding hydrogens is 240 g/mol. The molecule has 1 aliphatic heterocycles. The average Bonchev–Trinajstić information content (AvgIpc) is 3.27. The van der Waals surface area contributed by atoms with Crippen LogP contribution < -0.4 is 5.32 Å². The second kappa shape index (κ2) is 4.22. The number of nitrogens with one attached hydrogen (secondary N) is 1. The van der Waals surface area contributed by atoms with E-state index in [2.05, 4.69) is 5.32 Å². The Morgan fingerprint density at radius 1 is 1.00 bits per heavy atom. The standard InChI is InChI=1S/C15H22N2O2/c18-14(16-12-3-4-12)13-2-1-5-17(13)15(19)11-7-9-6-10(9)8-11/h9-13H,1-8H2,(H,16,18). The SMILES string of the molecule is O=C(NC1CC1)C1CCCN1C(=O)C1CC2CC2C1. The molecule has 0 radical (unpaired) electrons. The van der Waals surface area contributed by atoms with Gasteiger partial charge in [0.2, 0.25) is 11.8 Å². The van der Waals surface area contributed by atoms with E-state index < -0.39 is 0 Å². The van der Waals surface area contributed by atoms with Gasteiger partial charge in [0.25, 0.3) is 0 Å². The van der Waals surface area contributed by atoms with Crippen LogP contribution in [0.5, 0.6) is 0 Å². The van der Waals surface area contributed by atoms with Crippen molar-refractivity contribution in [2.24, 2.45) is 17.8 Å². The highest BCUT2D eigenvalue weighted by molar-refractivity contribution is 5.89. The number of fused-ring (bicyclic) bond motifs is 1. The fourth-order valence-corrected chi connectivity index (χ4v) is 3.98. The molecule has 0 bridgehead atoms. The van der Waals surface area contributed by atoms with Gasteiger partial charge in [-0.25, -0.2) is 0 Å². The summed E-state index contributed by atoms with van der Waals surface area (Å²) < 4.78 is 0. The lowest BCUT2D eigenvalue weighted by atomic mass is 10.0. The minimum atomic E-state index is -0.176. The number of rotatable bonds is 3. The van der Waals surface area contributed by atoms with Gasteiger partial charge in [0.15, 0.2) is 0 Å². The van der Waals surface area contributed by atoms with E-state index in [0.29, 0.717) is 6.04 Å². The van der Waals surface area contributed by atoms with E-state index in [0.717, 1.165) is 56.9 Å². The monoisotopic (exact) mass is 262 g/mol. The molecule has 2 amide bonds. The molecule has 4 heteroatoms. The summed E-state index contributed by atoms with van der Waals surface area (Å²) in [5.74, 6) is 2.24. The quantitative estimate of drug-likeness (QED) is 0.833. The number of carbonyl (C=O) groups excluding carboxylic acids is 2. The summed E-state index contributed by atoms with van der Waals surface area (Å²) in [4.78, 5) is 26.7. The van der Waals surface area contributed by atoms with Crippen LogP contribution in [0.1, 0.15) is 44.9 Å². The molecule has 1 N–H and O–H groups in total. The Bertz CT molecular complexity index is 408. The van der Waals surface area contributed by atoms with E-state index in [9.17, 15) is 9.59 Å². The maximum absolute atomic E-state index is 12.6. The van der Waals surface area contributed by atoms with Gasteiger partial charge in [-0.15, -0.1) is 0 Å². The molecule has 0 aromatic heterocycles. The van der Waals surface area contributed by atoms with E-state index in [1.54, 1.807) is 0 Å². The fourth-order valence-electron chi connectivity index (χ4n) is 3.98. The van der Waals surface area contributed by atoms with Gasteiger partial charge in [-0.3, -0.25) is 9.59 Å². The molecule has 0 spiro atoms. The Kier molecular flexibility index (Phi) is 2.61. The van der Waals surface area contributed by atoms with Crippen LogP contribution in [0, 0.1) is 17.8 Å². The molecule has 1 saturated heterocycles. The first-order valence-corrected chi connectivity index (χ1v) is 7.83. The second-order valence-electron chi connectivity index (χ2n) is 6.90. The maximum Gasteiger partial charge on any atom is 0.243 e. The van der Waals surface area contributed by atoms with Crippen molar-refractivity contribution in [1.29, 1.82) is 0 Å². The van der Waals surface area contributed by atoms with Crippen molar-refractivity contribution < 1.29 is 9.59 Å². The fraction of sp³-hybridized carbons (Fsp3) is 0.867. The topological polar surface area (TPSA) is 49.4 Å². The Balaban J connectivity index is 1.40. The maximum atomic E-state index is 12.6. The Morgan fingerprint density at radius 2 is 1.74 bits per heavy atom. The highest BCUT2D eigenvalue weighted by Gasteiger charge is 2.50. The van der Waals surface area contributed by atoms with E-state index >= 15 is 0 Å². The second-order valence-corrected chi connectivity index (χ2v) is 6.90. The third-order valence-electron chi connectivity index (χ3n) is 5.36. The van der Waals surface area contributed by atoms with Gasteiger partial charge < -0.3 is 10.2 Å². The van der Waals surface area contributed by atoms with E-state index in [1.165, 1.54) is 6.42 Å². The molecule has 0 aromatic rings. The highest BCUT2D eigenvalue weighted by Crippen LogP contribution is 2.54. The molecule has 3 atom stereocenters. The number of likely N-dealkylation sites (tertiary alicyclic amines) is 1. The predicted octanol–water partition coefficient (Wildman–Crippen LogP) is 1.30. The lowest BCUT2D eigenvalue weighted by Gasteiger charge is -2.27. The van der Waals surface area contributed by atoms with Crippen LogP contribution in [0.15, 0.2) is 0 Å². The van der Waals surface area contributed by atoms with Crippen molar-refractivity contribution >= 4 is 11.8 Å². The van der Waals surface area contributed by atoms with Gasteiger partial charge in [0.05, 0.1) is 0 Å². The number of hydrogen-bond acceptors (Lipinski definition) is 2. The van der Waals surface area contributed by atoms with Crippen LogP contribution in [0.2, 0.25) is 0 Å². The van der Waals surface area contributed by atoms with Gasteiger partial charge in [0.1, 0.15) is 6.04 Å². The van der Waals surface area contributed by atoms with E-state index in [1.807, 2.05) is 4.90 Å². The molecule has 4 fully saturated rings. The molecule has 3 unspecified atom stereocenters. The van der Waals surface area contributed by atoms with Gasteiger partial charge >= 0.3 is 0 Å². The van der Waals surface area contributed by atoms with E-state index in [4.69, 9.17) is 0 Å². The summed E-state index contributed by atoms with van der Waals surface area (Å²) in [7, 11) is 0.